The molecule has 0 spiro atoms. The van der Waals surface area contributed by atoms with E-state index in [1.165, 1.54) is 22.7 Å². The summed E-state index contributed by atoms with van der Waals surface area (Å²) < 4.78 is 1.000. The summed E-state index contributed by atoms with van der Waals surface area (Å²) in [6.45, 7) is 1.48. The largest absolute Gasteiger partial charge is 0.375 e. The van der Waals surface area contributed by atoms with Gasteiger partial charge in [0.05, 0.1) is 16.4 Å². The van der Waals surface area contributed by atoms with Crippen molar-refractivity contribution in [2.45, 2.75) is 18.8 Å². The second-order valence-corrected chi connectivity index (χ2v) is 7.51. The van der Waals surface area contributed by atoms with Crippen molar-refractivity contribution in [1.82, 2.24) is 19.9 Å². The Kier molecular flexibility index (Phi) is 3.70. The Morgan fingerprint density at radius 1 is 1.35 bits per heavy atom. The lowest BCUT2D eigenvalue weighted by atomic mass is 9.94. The summed E-state index contributed by atoms with van der Waals surface area (Å²) in [6, 6.07) is 4.06. The van der Waals surface area contributed by atoms with Gasteiger partial charge in [0, 0.05) is 24.7 Å². The first-order valence-electron chi connectivity index (χ1n) is 7.41. The first-order chi connectivity index (χ1) is 11.2. The zero-order chi connectivity index (χ0) is 15.8. The van der Waals surface area contributed by atoms with Crippen molar-refractivity contribution in [3.05, 3.63) is 34.4 Å². The number of nitrogens with two attached hydrogens (primary N) is 1. The molecule has 4 rings (SSSR count). The first-order valence-corrected chi connectivity index (χ1v) is 9.11. The zero-order valence-electron chi connectivity index (χ0n) is 12.3. The lowest BCUT2D eigenvalue weighted by molar-refractivity contribution is 0.0710. The van der Waals surface area contributed by atoms with Gasteiger partial charge >= 0.3 is 0 Å². The summed E-state index contributed by atoms with van der Waals surface area (Å²) in [6.07, 6.45) is 3.65. The number of pyridine rings is 1. The van der Waals surface area contributed by atoms with Crippen LogP contribution in [0.2, 0.25) is 0 Å². The van der Waals surface area contributed by atoms with Crippen molar-refractivity contribution < 1.29 is 4.79 Å². The van der Waals surface area contributed by atoms with Crippen LogP contribution in [0.25, 0.3) is 10.3 Å². The number of carbonyl (C=O) groups excluding carboxylic acids is 1. The number of fused-ring (bicyclic) bond motifs is 1. The number of piperidine rings is 1. The molecule has 3 aromatic heterocycles. The second-order valence-electron chi connectivity index (χ2n) is 5.57. The van der Waals surface area contributed by atoms with E-state index in [1.54, 1.807) is 11.7 Å². The number of nitrogens with zero attached hydrogens (tertiary/aromatic N) is 4. The van der Waals surface area contributed by atoms with Crippen molar-refractivity contribution in [2.75, 3.05) is 18.8 Å². The number of likely N-dealkylation sites (tertiary alicyclic amines) is 1. The third-order valence-electron chi connectivity index (χ3n) is 4.06. The zero-order valence-corrected chi connectivity index (χ0v) is 13.9. The van der Waals surface area contributed by atoms with Crippen LogP contribution in [0.1, 0.15) is 34.1 Å². The van der Waals surface area contributed by atoms with Gasteiger partial charge in [0.25, 0.3) is 5.91 Å². The monoisotopic (exact) mass is 345 g/mol. The molecule has 4 heterocycles. The van der Waals surface area contributed by atoms with E-state index in [0.717, 1.165) is 29.8 Å². The highest BCUT2D eigenvalue weighted by Gasteiger charge is 2.27. The second kappa shape index (κ2) is 5.86. The van der Waals surface area contributed by atoms with Gasteiger partial charge in [-0.2, -0.15) is 0 Å². The molecule has 6 nitrogen and oxygen atoms in total. The number of nitrogen functional groups attached to an aromatic ring is 1. The molecule has 1 atom stereocenters. The number of hydrogen-bond acceptors (Lipinski definition) is 7. The Labute approximate surface area is 141 Å². The van der Waals surface area contributed by atoms with E-state index in [1.807, 2.05) is 17.0 Å². The molecule has 1 saturated heterocycles. The molecule has 118 valence electrons. The van der Waals surface area contributed by atoms with Crippen LogP contribution in [0.4, 0.5) is 5.13 Å². The Hall–Kier alpha value is -2.06. The fourth-order valence-electron chi connectivity index (χ4n) is 2.96. The number of hydrogen-bond donors (Lipinski definition) is 1. The van der Waals surface area contributed by atoms with E-state index in [4.69, 9.17) is 5.73 Å². The van der Waals surface area contributed by atoms with Crippen molar-refractivity contribution >= 4 is 44.1 Å². The summed E-state index contributed by atoms with van der Waals surface area (Å²) >= 11 is 2.83. The highest BCUT2D eigenvalue weighted by Crippen LogP contribution is 2.30. The van der Waals surface area contributed by atoms with Gasteiger partial charge in [-0.05, 0) is 25.0 Å². The molecule has 2 N–H and O–H groups in total. The number of rotatable bonds is 2. The third-order valence-corrected chi connectivity index (χ3v) is 5.66. The smallest absolute Gasteiger partial charge is 0.265 e. The highest BCUT2D eigenvalue weighted by molar-refractivity contribution is 7.21. The van der Waals surface area contributed by atoms with Crippen LogP contribution < -0.4 is 5.73 Å². The molecular formula is C15H15N5OS2. The van der Waals surface area contributed by atoms with E-state index in [2.05, 4.69) is 15.0 Å². The molecular weight excluding hydrogens is 330 g/mol. The van der Waals surface area contributed by atoms with E-state index >= 15 is 0 Å². The molecule has 1 aliphatic rings. The van der Waals surface area contributed by atoms with E-state index in [-0.39, 0.29) is 11.8 Å². The molecule has 0 aliphatic carbocycles. The molecule has 8 heteroatoms. The molecule has 1 aliphatic heterocycles. The van der Waals surface area contributed by atoms with Crippen LogP contribution in [0.5, 0.6) is 0 Å². The Morgan fingerprint density at radius 3 is 3.09 bits per heavy atom. The predicted molar refractivity (Wildman–Crippen MR) is 91.8 cm³/mol. The van der Waals surface area contributed by atoms with Crippen LogP contribution in [-0.2, 0) is 0 Å². The van der Waals surface area contributed by atoms with Crippen LogP contribution >= 0.6 is 22.7 Å². The van der Waals surface area contributed by atoms with Crippen molar-refractivity contribution in [2.24, 2.45) is 0 Å². The van der Waals surface area contributed by atoms with E-state index < -0.39 is 0 Å². The topological polar surface area (TPSA) is 85.0 Å². The van der Waals surface area contributed by atoms with Gasteiger partial charge in [0.15, 0.2) is 10.8 Å². The number of carbonyl (C=O) groups is 1. The van der Waals surface area contributed by atoms with Gasteiger partial charge in [-0.3, -0.25) is 9.78 Å². The van der Waals surface area contributed by atoms with Crippen molar-refractivity contribution in [3.8, 4) is 0 Å². The maximum atomic E-state index is 12.5. The summed E-state index contributed by atoms with van der Waals surface area (Å²) in [5.41, 5.74) is 9.13. The Balaban J connectivity index is 1.57. The first kappa shape index (κ1) is 14.5. The molecule has 1 unspecified atom stereocenters. The Morgan fingerprint density at radius 2 is 2.26 bits per heavy atom. The normalized spacial score (nSPS) is 18.4. The Bertz CT molecular complexity index is 845. The summed E-state index contributed by atoms with van der Waals surface area (Å²) in [5.74, 6) is 0.309. The average Bonchev–Trinajstić information content (AvgIpc) is 3.22. The molecule has 0 bridgehead atoms. The fraction of sp³-hybridized carbons (Fsp3) is 0.333. The number of thiazole rings is 2. The fourth-order valence-corrected chi connectivity index (χ4v) is 4.22. The number of aromatic nitrogens is 3. The minimum Gasteiger partial charge on any atom is -0.375 e. The predicted octanol–water partition coefficient (Wildman–Crippen LogP) is 2.75. The number of anilines is 1. The average molecular weight is 345 g/mol. The lowest BCUT2D eigenvalue weighted by Gasteiger charge is -2.32. The van der Waals surface area contributed by atoms with Gasteiger partial charge in [0.1, 0.15) is 4.88 Å². The molecule has 0 aromatic carbocycles. The standard InChI is InChI=1S/C15H15N5OS2/c16-15-19-13-11(23-15)4-3-10(18-13)9-2-1-5-20(7-9)14(21)12-6-17-8-22-12/h3-4,6,8-9H,1-2,5,7H2,(H2,16,18,19). The molecule has 0 radical (unpaired) electrons. The summed E-state index contributed by atoms with van der Waals surface area (Å²) in [4.78, 5) is 28.0. The maximum Gasteiger partial charge on any atom is 0.265 e. The molecule has 1 fully saturated rings. The van der Waals surface area contributed by atoms with Crippen molar-refractivity contribution in [1.29, 1.82) is 0 Å². The summed E-state index contributed by atoms with van der Waals surface area (Å²) in [5, 5.41) is 0.537. The van der Waals surface area contributed by atoms with Gasteiger partial charge in [-0.15, -0.1) is 11.3 Å². The summed E-state index contributed by atoms with van der Waals surface area (Å²) in [7, 11) is 0. The SMILES string of the molecule is Nc1nc2nc(C3CCCN(C(=O)c4cncs4)C3)ccc2s1. The van der Waals surface area contributed by atoms with Gasteiger partial charge < -0.3 is 10.6 Å². The van der Waals surface area contributed by atoms with E-state index in [9.17, 15) is 4.79 Å². The van der Waals surface area contributed by atoms with Gasteiger partial charge in [-0.25, -0.2) is 9.97 Å². The van der Waals surface area contributed by atoms with Gasteiger partial charge in [0.2, 0.25) is 0 Å². The van der Waals surface area contributed by atoms with Crippen LogP contribution in [0.15, 0.2) is 23.8 Å². The minimum atomic E-state index is 0.0659. The lowest BCUT2D eigenvalue weighted by Crippen LogP contribution is -2.39. The molecule has 1 amide bonds. The van der Waals surface area contributed by atoms with Gasteiger partial charge in [-0.1, -0.05) is 11.3 Å². The van der Waals surface area contributed by atoms with Crippen LogP contribution in [0, 0.1) is 0 Å². The highest BCUT2D eigenvalue weighted by atomic mass is 32.1. The quantitative estimate of drug-likeness (QED) is 0.772. The number of amides is 1. The molecule has 23 heavy (non-hydrogen) atoms. The van der Waals surface area contributed by atoms with Crippen molar-refractivity contribution in [3.63, 3.8) is 0 Å². The third kappa shape index (κ3) is 2.79. The molecule has 3 aromatic rings. The maximum absolute atomic E-state index is 12.5. The minimum absolute atomic E-state index is 0.0659. The van der Waals surface area contributed by atoms with Crippen LogP contribution in [0.3, 0.4) is 0 Å². The van der Waals surface area contributed by atoms with E-state index in [0.29, 0.717) is 22.2 Å². The van der Waals surface area contributed by atoms with Crippen LogP contribution in [-0.4, -0.2) is 38.8 Å². The molecule has 0 saturated carbocycles.